The average molecular weight is 705 g/mol. The summed E-state index contributed by atoms with van der Waals surface area (Å²) in [5.74, 6) is 0. The van der Waals surface area contributed by atoms with Crippen LogP contribution in [0.1, 0.15) is 54.1 Å². The average Bonchev–Trinajstić information content (AvgIpc) is 3.60. The van der Waals surface area contributed by atoms with E-state index >= 15 is 0 Å². The fourth-order valence-electron chi connectivity index (χ4n) is 7.94. The topological polar surface area (TPSA) is 0 Å². The van der Waals surface area contributed by atoms with Crippen LogP contribution in [0.3, 0.4) is 0 Å². The van der Waals surface area contributed by atoms with Crippen molar-refractivity contribution < 1.29 is 17.1 Å². The molecule has 202 valence electrons. The van der Waals surface area contributed by atoms with Crippen LogP contribution in [0.4, 0.5) is 0 Å². The first-order valence-corrected chi connectivity index (χ1v) is 33.9. The first-order valence-electron chi connectivity index (χ1n) is 15.0. The number of fused-ring (bicyclic) bond motifs is 2. The fourth-order valence-corrected chi connectivity index (χ4v) is 52.3. The van der Waals surface area contributed by atoms with Gasteiger partial charge in [-0.1, -0.05) is 0 Å². The molecular formula is C38H42HfSi. The molecule has 0 radical (unpaired) electrons. The Morgan fingerprint density at radius 2 is 1.02 bits per heavy atom. The second-order valence-electron chi connectivity index (χ2n) is 13.1. The predicted molar refractivity (Wildman–Crippen MR) is 175 cm³/mol. The van der Waals surface area contributed by atoms with Crippen LogP contribution in [-0.2, 0) is 17.1 Å². The summed E-state index contributed by atoms with van der Waals surface area (Å²) in [6.45, 7) is 9.60. The molecule has 2 unspecified atom stereocenters. The zero-order valence-corrected chi connectivity index (χ0v) is 29.6. The first kappa shape index (κ1) is 27.6. The third kappa shape index (κ3) is 4.17. The van der Waals surface area contributed by atoms with E-state index in [1.54, 1.807) is 11.1 Å². The number of hydrogen-bond donors (Lipinski definition) is 0. The number of benzene rings is 4. The van der Waals surface area contributed by atoms with Crippen molar-refractivity contribution in [1.82, 2.24) is 0 Å². The van der Waals surface area contributed by atoms with Gasteiger partial charge in [0.2, 0.25) is 0 Å². The molecule has 0 aliphatic heterocycles. The molecule has 0 N–H and O–H groups in total. The van der Waals surface area contributed by atoms with Gasteiger partial charge < -0.3 is 0 Å². The quantitative estimate of drug-likeness (QED) is 0.175. The van der Waals surface area contributed by atoms with Gasteiger partial charge in [0.05, 0.1) is 0 Å². The van der Waals surface area contributed by atoms with Gasteiger partial charge in [-0.05, 0) is 0 Å². The van der Waals surface area contributed by atoms with Gasteiger partial charge in [-0.15, -0.1) is 0 Å². The molecule has 4 aromatic carbocycles. The van der Waals surface area contributed by atoms with E-state index in [4.69, 9.17) is 0 Å². The Bertz CT molecular complexity index is 1640. The van der Waals surface area contributed by atoms with Gasteiger partial charge in [-0.25, -0.2) is 0 Å². The van der Waals surface area contributed by atoms with E-state index in [9.17, 15) is 0 Å². The Labute approximate surface area is 242 Å². The number of hydrogen-bond acceptors (Lipinski definition) is 0. The number of allylic oxidation sites excluding steroid dienone is 2. The molecule has 0 saturated carbocycles. The van der Waals surface area contributed by atoms with Crippen LogP contribution in [-0.4, -0.2) is 5.49 Å². The molecule has 0 nitrogen and oxygen atoms in total. The zero-order valence-electron chi connectivity index (χ0n) is 25.0. The van der Waals surface area contributed by atoms with Crippen molar-refractivity contribution in [2.24, 2.45) is 0 Å². The van der Waals surface area contributed by atoms with Crippen molar-refractivity contribution in [2.45, 2.75) is 56.5 Å². The zero-order chi connectivity index (χ0) is 28.1. The summed E-state index contributed by atoms with van der Waals surface area (Å²) >= 11 is -3.75. The molecule has 2 aliphatic rings. The van der Waals surface area contributed by atoms with Crippen LogP contribution in [0, 0.1) is 13.8 Å². The maximum absolute atomic E-state index is 3.75. The van der Waals surface area contributed by atoms with Crippen molar-refractivity contribution >= 4 is 17.6 Å². The van der Waals surface area contributed by atoms with E-state index in [0.717, 1.165) is 0 Å². The van der Waals surface area contributed by atoms with E-state index in [1.807, 2.05) is 0 Å². The van der Waals surface area contributed by atoms with Gasteiger partial charge >= 0.3 is 244 Å². The molecule has 0 saturated heterocycles. The molecule has 0 bridgehead atoms. The summed E-state index contributed by atoms with van der Waals surface area (Å²) in [6.07, 6.45) is 11.6. The van der Waals surface area contributed by atoms with Crippen LogP contribution >= 0.6 is 0 Å². The summed E-state index contributed by atoms with van der Waals surface area (Å²) in [7, 11) is 0. The molecule has 0 fully saturated rings. The van der Waals surface area contributed by atoms with Crippen molar-refractivity contribution in [1.29, 1.82) is 0 Å². The van der Waals surface area contributed by atoms with Gasteiger partial charge in [0.15, 0.2) is 0 Å². The molecule has 6 rings (SSSR count). The second-order valence-corrected chi connectivity index (χ2v) is 60.5. The molecule has 0 amide bonds. The second kappa shape index (κ2) is 10.4. The van der Waals surface area contributed by atoms with Crippen LogP contribution in [0.5, 0.6) is 0 Å². The molecule has 4 aromatic rings. The van der Waals surface area contributed by atoms with Crippen LogP contribution < -0.4 is 0 Å². The van der Waals surface area contributed by atoms with Gasteiger partial charge in [0, 0.05) is 0 Å². The summed E-state index contributed by atoms with van der Waals surface area (Å²) in [5, 5.41) is 0. The van der Waals surface area contributed by atoms with Crippen LogP contribution in [0.2, 0.25) is 22.0 Å². The Kier molecular flexibility index (Phi) is 7.16. The van der Waals surface area contributed by atoms with E-state index in [-0.39, 0.29) is 0 Å². The van der Waals surface area contributed by atoms with Crippen molar-refractivity contribution in [2.75, 3.05) is 0 Å². The Hall–Kier alpha value is -2.55. The van der Waals surface area contributed by atoms with Gasteiger partial charge in [0.25, 0.3) is 0 Å². The van der Waals surface area contributed by atoms with Gasteiger partial charge in [-0.3, -0.25) is 0 Å². The third-order valence-electron chi connectivity index (χ3n) is 10.6. The van der Waals surface area contributed by atoms with Crippen molar-refractivity contribution in [3.8, 4) is 22.3 Å². The number of rotatable bonds is 6. The number of aryl methyl sites for hydroxylation is 2. The van der Waals surface area contributed by atoms with E-state index in [1.165, 1.54) is 57.0 Å². The fraction of sp³-hybridized carbons (Fsp3) is 0.263. The predicted octanol–water partition coefficient (Wildman–Crippen LogP) is 11.3. The van der Waals surface area contributed by atoms with E-state index in [2.05, 4.69) is 146 Å². The minimum atomic E-state index is -3.75. The molecule has 2 heteroatoms. The molecule has 0 aromatic heterocycles. The Morgan fingerprint density at radius 3 is 1.45 bits per heavy atom. The Morgan fingerprint density at radius 1 is 0.600 bits per heavy atom. The monoisotopic (exact) mass is 706 g/mol. The van der Waals surface area contributed by atoms with Crippen LogP contribution in [0.25, 0.3) is 34.4 Å². The normalized spacial score (nSPS) is 17.7. The molecular weight excluding hydrogens is 663 g/mol. The van der Waals surface area contributed by atoms with Crippen molar-refractivity contribution in [3.05, 3.63) is 130 Å². The molecule has 0 spiro atoms. The summed E-state index contributed by atoms with van der Waals surface area (Å²) in [4.78, 5) is 0. The molecule has 2 atom stereocenters. The van der Waals surface area contributed by atoms with Gasteiger partial charge in [-0.2, -0.15) is 0 Å². The molecule has 0 heterocycles. The SMILES string of the molecule is CCC[Si](C)=[Hf]([CH3])([CH3])([CH]1C=Cc2c(-c3ccccc3C)cccc21)[CH]1C=Cc2c(-c3ccccc3C)cccc21. The van der Waals surface area contributed by atoms with Crippen LogP contribution in [0.15, 0.2) is 97.1 Å². The molecule has 40 heavy (non-hydrogen) atoms. The van der Waals surface area contributed by atoms with Gasteiger partial charge in [0.1, 0.15) is 0 Å². The summed E-state index contributed by atoms with van der Waals surface area (Å²) in [5.41, 5.74) is 13.8. The van der Waals surface area contributed by atoms with Crippen molar-refractivity contribution in [3.63, 3.8) is 0 Å². The first-order chi connectivity index (χ1) is 19.2. The standard InChI is InChI=1S/2C16H13.C4H10Si.2CH3.Hf/c2*1-12-6-2-3-9-14(12)16-11-5-8-13-7-4-10-15(13)16;1-3-4-5-2;;;/h2*2-11H,1H3;3-4H2,1-2H3;2*1H3;. The maximum atomic E-state index is 2.86. The van der Waals surface area contributed by atoms with E-state index in [0.29, 0.717) is 7.35 Å². The third-order valence-corrected chi connectivity index (χ3v) is 68.7. The Balaban J connectivity index is 1.56. The molecule has 2 aliphatic carbocycles. The van der Waals surface area contributed by atoms with E-state index < -0.39 is 22.6 Å². The minimum absolute atomic E-state index is 0.573. The summed E-state index contributed by atoms with van der Waals surface area (Å²) < 4.78 is 6.86. The summed E-state index contributed by atoms with van der Waals surface area (Å²) in [6, 6.07) is 33.4.